The molecule has 0 spiro atoms. The Kier molecular flexibility index (Phi) is 8.55. The highest BCUT2D eigenvalue weighted by atomic mass is 35.5. The minimum absolute atomic E-state index is 0. The largest absolute Gasteiger partial charge is 0.389 e. The van der Waals surface area contributed by atoms with Gasteiger partial charge in [-0.05, 0) is 17.5 Å². The van der Waals surface area contributed by atoms with Crippen LogP contribution < -0.4 is 5.32 Å². The zero-order valence-electron chi connectivity index (χ0n) is 17.5. The Morgan fingerprint density at radius 1 is 0.786 bits per heavy atom. The van der Waals surface area contributed by atoms with Gasteiger partial charge in [0, 0.05) is 23.9 Å². The van der Waals surface area contributed by atoms with Gasteiger partial charge in [0.2, 0.25) is 0 Å². The predicted molar refractivity (Wildman–Crippen MR) is 121 cm³/mol. The van der Waals surface area contributed by atoms with Crippen molar-refractivity contribution in [1.29, 1.82) is 0 Å². The van der Waals surface area contributed by atoms with Gasteiger partial charge in [-0.3, -0.25) is 0 Å². The number of piperidine rings is 1. The Hall–Kier alpha value is -1.35. The van der Waals surface area contributed by atoms with E-state index in [4.69, 9.17) is 0 Å². The van der Waals surface area contributed by atoms with E-state index in [0.717, 1.165) is 12.8 Å². The first-order valence-corrected chi connectivity index (χ1v) is 10.7. The van der Waals surface area contributed by atoms with Crippen LogP contribution in [0.25, 0.3) is 0 Å². The summed E-state index contributed by atoms with van der Waals surface area (Å²) in [5, 5.41) is 15.8. The van der Waals surface area contributed by atoms with Crippen molar-refractivity contribution >= 4 is 12.4 Å². The lowest BCUT2D eigenvalue weighted by Crippen LogP contribution is -2.57. The second-order valence-corrected chi connectivity index (χ2v) is 8.32. The smallest absolute Gasteiger partial charge is 0.0734 e. The molecule has 154 valence electrons. The molecule has 0 saturated carbocycles. The van der Waals surface area contributed by atoms with Gasteiger partial charge in [0.1, 0.15) is 0 Å². The minimum atomic E-state index is -0.667. The number of unbranched alkanes of at least 4 members (excludes halogenated alkanes) is 3. The number of aliphatic hydroxyl groups is 1. The van der Waals surface area contributed by atoms with Crippen molar-refractivity contribution in [3.63, 3.8) is 0 Å². The molecule has 2 aromatic carbocycles. The van der Waals surface area contributed by atoms with E-state index in [1.165, 1.54) is 30.4 Å². The highest BCUT2D eigenvalue weighted by Gasteiger charge is 2.50. The molecular formula is C25H36ClNO. The second-order valence-electron chi connectivity index (χ2n) is 8.32. The third-order valence-corrected chi connectivity index (χ3v) is 6.68. The van der Waals surface area contributed by atoms with Gasteiger partial charge in [-0.15, -0.1) is 12.4 Å². The molecule has 4 unspecified atom stereocenters. The van der Waals surface area contributed by atoms with E-state index < -0.39 is 5.60 Å². The predicted octanol–water partition coefficient (Wildman–Crippen LogP) is 6.47. The van der Waals surface area contributed by atoms with Gasteiger partial charge in [-0.1, -0.05) is 107 Å². The van der Waals surface area contributed by atoms with E-state index in [-0.39, 0.29) is 36.3 Å². The van der Waals surface area contributed by atoms with Crippen molar-refractivity contribution in [2.75, 3.05) is 0 Å². The standard InChI is InChI=1S/C25H35NO.ClH/c1-4-5-6-13-18-25(27)19(2)23(21-14-9-7-10-15-21)26-24(20(25)3)22-16-11-8-12-17-22;/h7-12,14-17,19-20,23-24,26-27H,4-6,13,18H2,1-3H3;1H. The Balaban J connectivity index is 0.00000280. The van der Waals surface area contributed by atoms with Crippen LogP contribution in [0, 0.1) is 11.8 Å². The molecule has 1 aliphatic heterocycles. The fourth-order valence-corrected chi connectivity index (χ4v) is 4.85. The summed E-state index contributed by atoms with van der Waals surface area (Å²) in [7, 11) is 0. The zero-order valence-corrected chi connectivity index (χ0v) is 18.3. The van der Waals surface area contributed by atoms with Crippen molar-refractivity contribution in [2.45, 2.75) is 70.6 Å². The molecule has 4 atom stereocenters. The second kappa shape index (κ2) is 10.4. The molecule has 1 heterocycles. The highest BCUT2D eigenvalue weighted by Crippen LogP contribution is 2.48. The van der Waals surface area contributed by atoms with Crippen molar-refractivity contribution in [1.82, 2.24) is 5.32 Å². The van der Waals surface area contributed by atoms with E-state index in [0.29, 0.717) is 0 Å². The van der Waals surface area contributed by atoms with Crippen molar-refractivity contribution in [3.8, 4) is 0 Å². The van der Waals surface area contributed by atoms with Gasteiger partial charge in [-0.25, -0.2) is 0 Å². The number of halogens is 1. The van der Waals surface area contributed by atoms with E-state index in [9.17, 15) is 5.11 Å². The van der Waals surface area contributed by atoms with Gasteiger partial charge < -0.3 is 10.4 Å². The summed E-state index contributed by atoms with van der Waals surface area (Å²) < 4.78 is 0. The van der Waals surface area contributed by atoms with Gasteiger partial charge >= 0.3 is 0 Å². The molecule has 0 radical (unpaired) electrons. The molecular weight excluding hydrogens is 366 g/mol. The maximum absolute atomic E-state index is 11.9. The van der Waals surface area contributed by atoms with Gasteiger partial charge in [0.15, 0.2) is 0 Å². The zero-order chi connectivity index (χ0) is 19.3. The highest BCUT2D eigenvalue weighted by molar-refractivity contribution is 5.85. The minimum Gasteiger partial charge on any atom is -0.389 e. The van der Waals surface area contributed by atoms with Crippen LogP contribution in [0.15, 0.2) is 60.7 Å². The quantitative estimate of drug-likeness (QED) is 0.521. The summed E-state index contributed by atoms with van der Waals surface area (Å²) in [6, 6.07) is 21.6. The lowest BCUT2D eigenvalue weighted by molar-refractivity contribution is -0.117. The lowest BCUT2D eigenvalue weighted by Gasteiger charge is -2.52. The van der Waals surface area contributed by atoms with Crippen LogP contribution in [0.3, 0.4) is 0 Å². The third kappa shape index (κ3) is 4.79. The van der Waals surface area contributed by atoms with Crippen molar-refractivity contribution < 1.29 is 5.11 Å². The summed E-state index contributed by atoms with van der Waals surface area (Å²) in [4.78, 5) is 0. The van der Waals surface area contributed by atoms with Crippen LogP contribution >= 0.6 is 12.4 Å². The lowest BCUT2D eigenvalue weighted by atomic mass is 9.64. The van der Waals surface area contributed by atoms with Gasteiger partial charge in [0.05, 0.1) is 5.60 Å². The third-order valence-electron chi connectivity index (χ3n) is 6.68. The fraction of sp³-hybridized carbons (Fsp3) is 0.520. The Morgan fingerprint density at radius 3 is 1.68 bits per heavy atom. The van der Waals surface area contributed by atoms with E-state index >= 15 is 0 Å². The summed E-state index contributed by atoms with van der Waals surface area (Å²) in [6.07, 6.45) is 5.66. The normalized spacial score (nSPS) is 29.9. The summed E-state index contributed by atoms with van der Waals surface area (Å²) >= 11 is 0. The number of benzene rings is 2. The molecule has 3 heteroatoms. The molecule has 28 heavy (non-hydrogen) atoms. The average molecular weight is 402 g/mol. The van der Waals surface area contributed by atoms with Crippen LogP contribution in [0.1, 0.15) is 76.1 Å². The summed E-state index contributed by atoms with van der Waals surface area (Å²) in [6.45, 7) is 6.69. The average Bonchev–Trinajstić information content (AvgIpc) is 2.71. The molecule has 2 nitrogen and oxygen atoms in total. The first-order chi connectivity index (χ1) is 13.1. The first kappa shape index (κ1) is 22.9. The van der Waals surface area contributed by atoms with Crippen molar-refractivity contribution in [3.05, 3.63) is 71.8 Å². The number of rotatable bonds is 7. The molecule has 1 aliphatic rings. The topological polar surface area (TPSA) is 32.3 Å². The maximum Gasteiger partial charge on any atom is 0.0734 e. The molecule has 0 bridgehead atoms. The summed E-state index contributed by atoms with van der Waals surface area (Å²) in [5.74, 6) is 0.327. The fourth-order valence-electron chi connectivity index (χ4n) is 4.85. The number of nitrogens with one attached hydrogen (secondary N) is 1. The van der Waals surface area contributed by atoms with Crippen LogP contribution in [0.5, 0.6) is 0 Å². The Labute approximate surface area is 177 Å². The molecule has 1 saturated heterocycles. The van der Waals surface area contributed by atoms with Crippen LogP contribution in [0.2, 0.25) is 0 Å². The molecule has 3 rings (SSSR count). The number of hydrogen-bond donors (Lipinski definition) is 2. The van der Waals surface area contributed by atoms with Crippen molar-refractivity contribution in [2.24, 2.45) is 11.8 Å². The molecule has 0 aromatic heterocycles. The van der Waals surface area contributed by atoms with E-state index in [2.05, 4.69) is 86.8 Å². The molecule has 0 amide bonds. The van der Waals surface area contributed by atoms with Crippen LogP contribution in [0.4, 0.5) is 0 Å². The number of hydrogen-bond acceptors (Lipinski definition) is 2. The van der Waals surface area contributed by atoms with E-state index in [1.54, 1.807) is 0 Å². The monoisotopic (exact) mass is 401 g/mol. The SMILES string of the molecule is CCCCCCC1(O)C(C)C(c2ccccc2)NC(c2ccccc2)C1C.Cl. The molecule has 1 fully saturated rings. The van der Waals surface area contributed by atoms with Crippen LogP contribution in [-0.4, -0.2) is 10.7 Å². The van der Waals surface area contributed by atoms with E-state index in [1.807, 2.05) is 0 Å². The van der Waals surface area contributed by atoms with Gasteiger partial charge in [-0.2, -0.15) is 0 Å². The molecule has 2 aromatic rings. The Bertz CT molecular complexity index is 639. The Morgan fingerprint density at radius 2 is 1.25 bits per heavy atom. The maximum atomic E-state index is 11.9. The van der Waals surface area contributed by atoms with Gasteiger partial charge in [0.25, 0.3) is 0 Å². The summed E-state index contributed by atoms with van der Waals surface area (Å²) in [5.41, 5.74) is 1.87. The first-order valence-electron chi connectivity index (χ1n) is 10.7. The molecule has 0 aliphatic carbocycles. The molecule has 2 N–H and O–H groups in total. The van der Waals surface area contributed by atoms with Crippen LogP contribution in [-0.2, 0) is 0 Å².